The maximum Gasteiger partial charge on any atom is 0.356 e. The van der Waals surface area contributed by atoms with Crippen molar-refractivity contribution in [1.82, 2.24) is 10.2 Å². The van der Waals surface area contributed by atoms with E-state index in [1.165, 1.54) is 0 Å². The normalized spacial score (nSPS) is 21.1. The molecule has 1 unspecified atom stereocenters. The molecule has 0 amide bonds. The molecule has 5 nitrogen and oxygen atoms in total. The molecule has 1 aromatic rings. The lowest BCUT2D eigenvalue weighted by molar-refractivity contribution is -0.0321. The fourth-order valence-electron chi connectivity index (χ4n) is 2.63. The molecular weight excluding hydrogens is 244 g/mol. The summed E-state index contributed by atoms with van der Waals surface area (Å²) >= 11 is 0. The molecule has 0 bridgehead atoms. The van der Waals surface area contributed by atoms with Crippen molar-refractivity contribution in [3.8, 4) is 0 Å². The molecule has 0 radical (unpaired) electrons. The third kappa shape index (κ3) is 2.81. The topological polar surface area (TPSA) is 75.2 Å². The Morgan fingerprint density at radius 2 is 2.32 bits per heavy atom. The summed E-state index contributed by atoms with van der Waals surface area (Å²) < 4.78 is 5.97. The van der Waals surface area contributed by atoms with Gasteiger partial charge in [-0.1, -0.05) is 27.2 Å². The summed E-state index contributed by atoms with van der Waals surface area (Å²) in [5.74, 6) is -0.968. The van der Waals surface area contributed by atoms with Gasteiger partial charge in [-0.2, -0.15) is 5.10 Å². The lowest BCUT2D eigenvalue weighted by Gasteiger charge is -2.38. The van der Waals surface area contributed by atoms with Gasteiger partial charge in [0, 0.05) is 24.3 Å². The molecule has 0 spiro atoms. The predicted molar refractivity (Wildman–Crippen MR) is 71.4 cm³/mol. The summed E-state index contributed by atoms with van der Waals surface area (Å²) in [4.78, 5) is 11.1. The highest BCUT2D eigenvalue weighted by molar-refractivity contribution is 5.87. The van der Waals surface area contributed by atoms with Crippen LogP contribution in [0.25, 0.3) is 0 Å². The van der Waals surface area contributed by atoms with Gasteiger partial charge in [-0.05, 0) is 18.3 Å². The second-order valence-corrected chi connectivity index (χ2v) is 5.92. The number of ether oxygens (including phenoxy) is 1. The molecule has 1 aliphatic rings. The molecule has 0 saturated heterocycles. The van der Waals surface area contributed by atoms with E-state index < -0.39 is 5.97 Å². The number of nitrogens with zero attached hydrogens (tertiary/aromatic N) is 1. The van der Waals surface area contributed by atoms with Crippen molar-refractivity contribution < 1.29 is 14.6 Å². The number of carboxylic acids is 1. The predicted octanol–water partition coefficient (Wildman–Crippen LogP) is 2.42. The number of unbranched alkanes of at least 4 members (excludes halogenated alkanes) is 1. The van der Waals surface area contributed by atoms with Crippen molar-refractivity contribution >= 4 is 5.97 Å². The summed E-state index contributed by atoms with van der Waals surface area (Å²) in [5.41, 5.74) is 1.91. The highest BCUT2D eigenvalue weighted by atomic mass is 16.5. The smallest absolute Gasteiger partial charge is 0.356 e. The number of carboxylic acid groups (broad SMARTS) is 1. The van der Waals surface area contributed by atoms with Crippen LogP contribution in [-0.2, 0) is 17.6 Å². The molecule has 2 rings (SSSR count). The third-order valence-corrected chi connectivity index (χ3v) is 3.87. The van der Waals surface area contributed by atoms with Crippen LogP contribution in [0.1, 0.15) is 55.4 Å². The number of aromatic amines is 1. The Morgan fingerprint density at radius 1 is 1.58 bits per heavy atom. The van der Waals surface area contributed by atoms with Crippen molar-refractivity contribution in [3.05, 3.63) is 17.0 Å². The van der Waals surface area contributed by atoms with Gasteiger partial charge in [-0.25, -0.2) is 4.79 Å². The largest absolute Gasteiger partial charge is 0.476 e. The van der Waals surface area contributed by atoms with E-state index in [1.807, 2.05) is 0 Å². The van der Waals surface area contributed by atoms with E-state index in [4.69, 9.17) is 9.84 Å². The molecule has 106 valence electrons. The van der Waals surface area contributed by atoms with Crippen molar-refractivity contribution in [1.29, 1.82) is 0 Å². The zero-order chi connectivity index (χ0) is 14.0. The molecule has 0 aliphatic heterocycles. The Labute approximate surface area is 113 Å². The number of carbonyl (C=O) groups is 1. The number of hydrogen-bond acceptors (Lipinski definition) is 3. The monoisotopic (exact) mass is 266 g/mol. The van der Waals surface area contributed by atoms with Crippen LogP contribution in [0.3, 0.4) is 0 Å². The Hall–Kier alpha value is -1.36. The van der Waals surface area contributed by atoms with Crippen LogP contribution >= 0.6 is 0 Å². The van der Waals surface area contributed by atoms with E-state index >= 15 is 0 Å². The molecular formula is C14H22N2O3. The van der Waals surface area contributed by atoms with Gasteiger partial charge in [0.2, 0.25) is 0 Å². The van der Waals surface area contributed by atoms with E-state index in [0.717, 1.165) is 37.1 Å². The van der Waals surface area contributed by atoms with Crippen LogP contribution in [0.4, 0.5) is 0 Å². The van der Waals surface area contributed by atoms with E-state index in [1.54, 1.807) is 0 Å². The van der Waals surface area contributed by atoms with Crippen LogP contribution in [-0.4, -0.2) is 34.0 Å². The Kier molecular flexibility index (Phi) is 3.94. The molecule has 0 aromatic carbocycles. The van der Waals surface area contributed by atoms with Gasteiger partial charge in [0.05, 0.1) is 6.10 Å². The molecule has 1 aromatic heterocycles. The SMILES string of the molecule is CCCCOC1Cc2c(C(=O)O)n[nH]c2CC1(C)C. The lowest BCUT2D eigenvalue weighted by atomic mass is 9.74. The van der Waals surface area contributed by atoms with Crippen LogP contribution in [0.5, 0.6) is 0 Å². The third-order valence-electron chi connectivity index (χ3n) is 3.87. The quantitative estimate of drug-likeness (QED) is 0.802. The van der Waals surface area contributed by atoms with Gasteiger partial charge in [0.1, 0.15) is 0 Å². The first-order valence-corrected chi connectivity index (χ1v) is 6.86. The minimum absolute atomic E-state index is 0.00302. The number of fused-ring (bicyclic) bond motifs is 1. The van der Waals surface area contributed by atoms with Gasteiger partial charge in [-0.15, -0.1) is 0 Å². The number of rotatable bonds is 5. The van der Waals surface area contributed by atoms with Crippen LogP contribution in [0.15, 0.2) is 0 Å². The van der Waals surface area contributed by atoms with Crippen LogP contribution in [0.2, 0.25) is 0 Å². The van der Waals surface area contributed by atoms with Crippen LogP contribution in [0, 0.1) is 5.41 Å². The van der Waals surface area contributed by atoms with E-state index in [-0.39, 0.29) is 17.2 Å². The van der Waals surface area contributed by atoms with Crippen molar-refractivity contribution in [2.75, 3.05) is 6.61 Å². The van der Waals surface area contributed by atoms with Gasteiger partial charge in [0.15, 0.2) is 5.69 Å². The second kappa shape index (κ2) is 5.33. The van der Waals surface area contributed by atoms with Crippen LogP contribution < -0.4 is 0 Å². The number of H-pyrrole nitrogens is 1. The van der Waals surface area contributed by atoms with E-state index in [0.29, 0.717) is 6.42 Å². The molecule has 0 saturated carbocycles. The molecule has 19 heavy (non-hydrogen) atoms. The fourth-order valence-corrected chi connectivity index (χ4v) is 2.63. The molecule has 1 aliphatic carbocycles. The molecule has 1 heterocycles. The number of nitrogens with one attached hydrogen (secondary N) is 1. The average Bonchev–Trinajstić information content (AvgIpc) is 2.71. The van der Waals surface area contributed by atoms with Gasteiger partial charge < -0.3 is 9.84 Å². The van der Waals surface area contributed by atoms with Crippen molar-refractivity contribution in [2.24, 2.45) is 5.41 Å². The second-order valence-electron chi connectivity index (χ2n) is 5.92. The number of aromatic nitrogens is 2. The summed E-state index contributed by atoms with van der Waals surface area (Å²) in [6.45, 7) is 7.19. The Balaban J connectivity index is 2.18. The highest BCUT2D eigenvalue weighted by Crippen LogP contribution is 2.37. The summed E-state index contributed by atoms with van der Waals surface area (Å²) in [6.07, 6.45) is 3.60. The highest BCUT2D eigenvalue weighted by Gasteiger charge is 2.39. The maximum atomic E-state index is 11.1. The van der Waals surface area contributed by atoms with Gasteiger partial charge >= 0.3 is 5.97 Å². The number of aromatic carboxylic acids is 1. The minimum Gasteiger partial charge on any atom is -0.476 e. The fraction of sp³-hybridized carbons (Fsp3) is 0.714. The maximum absolute atomic E-state index is 11.1. The molecule has 0 fully saturated rings. The first kappa shape index (κ1) is 14.1. The average molecular weight is 266 g/mol. The zero-order valence-corrected chi connectivity index (χ0v) is 11.8. The zero-order valence-electron chi connectivity index (χ0n) is 11.8. The number of hydrogen-bond donors (Lipinski definition) is 2. The summed E-state index contributed by atoms with van der Waals surface area (Å²) in [6, 6.07) is 0. The molecule has 2 N–H and O–H groups in total. The minimum atomic E-state index is -0.968. The van der Waals surface area contributed by atoms with Gasteiger partial charge in [0.25, 0.3) is 0 Å². The standard InChI is InChI=1S/C14H22N2O3/c1-4-5-6-19-11-7-9-10(8-14(11,2)3)15-16-12(9)13(17)18/h11H,4-8H2,1-3H3,(H,15,16)(H,17,18). The summed E-state index contributed by atoms with van der Waals surface area (Å²) in [5, 5.41) is 15.9. The molecule has 5 heteroatoms. The van der Waals surface area contributed by atoms with E-state index in [2.05, 4.69) is 31.0 Å². The summed E-state index contributed by atoms with van der Waals surface area (Å²) in [7, 11) is 0. The first-order valence-electron chi connectivity index (χ1n) is 6.86. The lowest BCUT2D eigenvalue weighted by Crippen LogP contribution is -2.40. The van der Waals surface area contributed by atoms with Crippen molar-refractivity contribution in [3.63, 3.8) is 0 Å². The first-order chi connectivity index (χ1) is 8.95. The van der Waals surface area contributed by atoms with Crippen molar-refractivity contribution in [2.45, 2.75) is 52.6 Å². The van der Waals surface area contributed by atoms with Gasteiger partial charge in [-0.3, -0.25) is 5.10 Å². The Morgan fingerprint density at radius 3 is 2.95 bits per heavy atom. The Bertz CT molecular complexity index is 465. The molecule has 1 atom stereocenters. The van der Waals surface area contributed by atoms with E-state index in [9.17, 15) is 4.79 Å².